The lowest BCUT2D eigenvalue weighted by Gasteiger charge is -2.21. The molecule has 0 bridgehead atoms. The first kappa shape index (κ1) is 13.7. The minimum Gasteiger partial charge on any atom is -0.378 e. The molecule has 2 aromatic carbocycles. The Morgan fingerprint density at radius 2 is 1.37 bits per heavy atom. The molecule has 0 saturated heterocycles. The number of hydrogen-bond donors (Lipinski definition) is 1. The molecule has 0 aliphatic rings. The van der Waals surface area contributed by atoms with Crippen LogP contribution in [0.4, 0.5) is 5.69 Å². The average Bonchev–Trinajstić information content (AvgIpc) is 2.39. The van der Waals surface area contributed by atoms with Gasteiger partial charge in [-0.3, -0.25) is 0 Å². The molecular weight excluding hydrogens is 230 g/mol. The molecule has 100 valence electrons. The van der Waals surface area contributed by atoms with Crippen LogP contribution in [0.25, 0.3) is 0 Å². The molecule has 0 radical (unpaired) electrons. The number of rotatable bonds is 4. The van der Waals surface area contributed by atoms with E-state index in [1.165, 1.54) is 22.4 Å². The van der Waals surface area contributed by atoms with E-state index in [4.69, 9.17) is 0 Å². The summed E-state index contributed by atoms with van der Waals surface area (Å²) in [5.74, 6) is 0.535. The molecule has 2 rings (SSSR count). The lowest BCUT2D eigenvalue weighted by Crippen LogP contribution is -2.10. The van der Waals surface area contributed by atoms with E-state index in [0.717, 1.165) is 0 Å². The molecule has 0 aromatic heterocycles. The topological polar surface area (TPSA) is 12.0 Å². The Labute approximate surface area is 116 Å². The van der Waals surface area contributed by atoms with Gasteiger partial charge in [0, 0.05) is 11.7 Å². The predicted octanol–water partition coefficient (Wildman–Crippen LogP) is 5.29. The summed E-state index contributed by atoms with van der Waals surface area (Å²) >= 11 is 0. The Kier molecular flexibility index (Phi) is 4.26. The summed E-state index contributed by atoms with van der Waals surface area (Å²) in [5, 5.41) is 3.65. The van der Waals surface area contributed by atoms with E-state index in [1.54, 1.807) is 0 Å². The minimum atomic E-state index is 0.320. The van der Waals surface area contributed by atoms with E-state index in [1.807, 2.05) is 0 Å². The van der Waals surface area contributed by atoms with Crippen molar-refractivity contribution in [1.82, 2.24) is 0 Å². The fraction of sp³-hybridized carbons (Fsp3) is 0.333. The third-order valence-electron chi connectivity index (χ3n) is 3.61. The maximum Gasteiger partial charge on any atom is 0.0488 e. The average molecular weight is 253 g/mol. The van der Waals surface area contributed by atoms with E-state index in [9.17, 15) is 0 Å². The van der Waals surface area contributed by atoms with Gasteiger partial charge in [-0.2, -0.15) is 0 Å². The van der Waals surface area contributed by atoms with Crippen molar-refractivity contribution in [1.29, 1.82) is 0 Å². The van der Waals surface area contributed by atoms with Crippen molar-refractivity contribution in [3.05, 3.63) is 65.2 Å². The van der Waals surface area contributed by atoms with Crippen molar-refractivity contribution in [2.24, 2.45) is 0 Å². The van der Waals surface area contributed by atoms with Crippen LogP contribution in [0.3, 0.4) is 0 Å². The highest BCUT2D eigenvalue weighted by Crippen LogP contribution is 2.28. The zero-order chi connectivity index (χ0) is 13.8. The fourth-order valence-electron chi connectivity index (χ4n) is 2.52. The van der Waals surface area contributed by atoms with Crippen molar-refractivity contribution in [2.45, 2.75) is 39.7 Å². The number of benzene rings is 2. The van der Waals surface area contributed by atoms with Gasteiger partial charge in [-0.05, 0) is 42.5 Å². The smallest absolute Gasteiger partial charge is 0.0488 e. The second-order valence-electron chi connectivity index (χ2n) is 5.46. The van der Waals surface area contributed by atoms with Gasteiger partial charge in [0.05, 0.1) is 0 Å². The molecule has 1 nitrogen and oxygen atoms in total. The van der Waals surface area contributed by atoms with E-state index in [-0.39, 0.29) is 0 Å². The summed E-state index contributed by atoms with van der Waals surface area (Å²) in [6, 6.07) is 17.5. The maximum absolute atomic E-state index is 3.65. The molecule has 0 heterocycles. The number of aryl methyl sites for hydroxylation is 1. The molecule has 1 N–H and O–H groups in total. The molecule has 1 unspecified atom stereocenters. The summed E-state index contributed by atoms with van der Waals surface area (Å²) in [4.78, 5) is 0. The Bertz CT molecular complexity index is 543. The standard InChI is InChI=1S/C18H23N/c1-13(2)16-10-7-8-12-18(16)19-15(4)17-11-6-5-9-14(17)3/h5-13,15,19H,1-4H3. The molecular formula is C18H23N. The molecule has 0 amide bonds. The molecule has 0 saturated carbocycles. The van der Waals surface area contributed by atoms with Crippen molar-refractivity contribution >= 4 is 5.69 Å². The monoisotopic (exact) mass is 253 g/mol. The molecule has 2 aromatic rings. The number of nitrogens with one attached hydrogen (secondary N) is 1. The summed E-state index contributed by atoms with van der Waals surface area (Å²) in [6.45, 7) is 8.86. The van der Waals surface area contributed by atoms with Gasteiger partial charge in [-0.15, -0.1) is 0 Å². The second kappa shape index (κ2) is 5.92. The van der Waals surface area contributed by atoms with Crippen molar-refractivity contribution < 1.29 is 0 Å². The van der Waals surface area contributed by atoms with Gasteiger partial charge in [0.25, 0.3) is 0 Å². The lowest BCUT2D eigenvalue weighted by atomic mass is 9.98. The van der Waals surface area contributed by atoms with Crippen molar-refractivity contribution in [3.8, 4) is 0 Å². The van der Waals surface area contributed by atoms with E-state index in [0.29, 0.717) is 12.0 Å². The van der Waals surface area contributed by atoms with Crippen molar-refractivity contribution in [2.75, 3.05) is 5.32 Å². The van der Waals surface area contributed by atoms with Crippen LogP contribution >= 0.6 is 0 Å². The van der Waals surface area contributed by atoms with Crippen molar-refractivity contribution in [3.63, 3.8) is 0 Å². The van der Waals surface area contributed by atoms with Gasteiger partial charge in [0.1, 0.15) is 0 Å². The highest BCUT2D eigenvalue weighted by molar-refractivity contribution is 5.54. The van der Waals surface area contributed by atoms with Crippen LogP contribution in [0, 0.1) is 6.92 Å². The lowest BCUT2D eigenvalue weighted by molar-refractivity contribution is 0.837. The Morgan fingerprint density at radius 1 is 0.789 bits per heavy atom. The van der Waals surface area contributed by atoms with Gasteiger partial charge in [-0.1, -0.05) is 56.3 Å². The summed E-state index contributed by atoms with van der Waals surface area (Å²) < 4.78 is 0. The largest absolute Gasteiger partial charge is 0.378 e. The van der Waals surface area contributed by atoms with Crippen LogP contribution in [-0.2, 0) is 0 Å². The first-order chi connectivity index (χ1) is 9.09. The van der Waals surface area contributed by atoms with Crippen LogP contribution in [0.15, 0.2) is 48.5 Å². The SMILES string of the molecule is Cc1ccccc1C(C)Nc1ccccc1C(C)C. The first-order valence-electron chi connectivity index (χ1n) is 7.00. The number of hydrogen-bond acceptors (Lipinski definition) is 1. The van der Waals surface area contributed by atoms with Gasteiger partial charge in [0.2, 0.25) is 0 Å². The van der Waals surface area contributed by atoms with E-state index >= 15 is 0 Å². The quantitative estimate of drug-likeness (QED) is 0.780. The normalized spacial score (nSPS) is 12.5. The predicted molar refractivity (Wildman–Crippen MR) is 83.7 cm³/mol. The van der Waals surface area contributed by atoms with Crippen LogP contribution in [0.5, 0.6) is 0 Å². The van der Waals surface area contributed by atoms with Crippen LogP contribution in [-0.4, -0.2) is 0 Å². The van der Waals surface area contributed by atoms with Gasteiger partial charge >= 0.3 is 0 Å². The first-order valence-corrected chi connectivity index (χ1v) is 7.00. The van der Waals surface area contributed by atoms with Crippen LogP contribution < -0.4 is 5.32 Å². The van der Waals surface area contributed by atoms with E-state index in [2.05, 4.69) is 81.5 Å². The van der Waals surface area contributed by atoms with Crippen LogP contribution in [0.1, 0.15) is 49.4 Å². The van der Waals surface area contributed by atoms with E-state index < -0.39 is 0 Å². The number of anilines is 1. The highest BCUT2D eigenvalue weighted by atomic mass is 14.9. The minimum absolute atomic E-state index is 0.320. The molecule has 0 aliphatic carbocycles. The summed E-state index contributed by atoms with van der Waals surface area (Å²) in [7, 11) is 0. The molecule has 0 fully saturated rings. The molecule has 19 heavy (non-hydrogen) atoms. The second-order valence-corrected chi connectivity index (χ2v) is 5.46. The third-order valence-corrected chi connectivity index (χ3v) is 3.61. The molecule has 0 spiro atoms. The molecule has 1 heteroatoms. The third kappa shape index (κ3) is 3.17. The van der Waals surface area contributed by atoms with Crippen LogP contribution in [0.2, 0.25) is 0 Å². The van der Waals surface area contributed by atoms with Gasteiger partial charge in [0.15, 0.2) is 0 Å². The highest BCUT2D eigenvalue weighted by Gasteiger charge is 2.11. The maximum atomic E-state index is 3.65. The Balaban J connectivity index is 2.24. The zero-order valence-corrected chi connectivity index (χ0v) is 12.3. The van der Waals surface area contributed by atoms with Gasteiger partial charge < -0.3 is 5.32 Å². The summed E-state index contributed by atoms with van der Waals surface area (Å²) in [6.07, 6.45) is 0. The fourth-order valence-corrected chi connectivity index (χ4v) is 2.52. The number of para-hydroxylation sites is 1. The molecule has 0 aliphatic heterocycles. The Hall–Kier alpha value is -1.76. The Morgan fingerprint density at radius 3 is 2.00 bits per heavy atom. The zero-order valence-electron chi connectivity index (χ0n) is 12.3. The summed E-state index contributed by atoms with van der Waals surface area (Å²) in [5.41, 5.74) is 5.32. The van der Waals surface area contributed by atoms with Gasteiger partial charge in [-0.25, -0.2) is 0 Å². The molecule has 1 atom stereocenters.